The summed E-state index contributed by atoms with van der Waals surface area (Å²) in [6.45, 7) is 9.63. The maximum absolute atomic E-state index is 12.5. The van der Waals surface area contributed by atoms with Gasteiger partial charge in [-0.3, -0.25) is 4.79 Å². The quantitative estimate of drug-likeness (QED) is 0.838. The lowest BCUT2D eigenvalue weighted by molar-refractivity contribution is -0.138. The van der Waals surface area contributed by atoms with Gasteiger partial charge in [0.15, 0.2) is 0 Å². The first-order chi connectivity index (χ1) is 8.36. The van der Waals surface area contributed by atoms with Gasteiger partial charge in [0, 0.05) is 25.6 Å². The molecule has 0 radical (unpaired) electrons. The van der Waals surface area contributed by atoms with Crippen molar-refractivity contribution < 1.29 is 4.79 Å². The molecule has 18 heavy (non-hydrogen) atoms. The molecule has 0 aromatic carbocycles. The van der Waals surface area contributed by atoms with Gasteiger partial charge >= 0.3 is 0 Å². The van der Waals surface area contributed by atoms with Gasteiger partial charge in [0.2, 0.25) is 5.91 Å². The summed E-state index contributed by atoms with van der Waals surface area (Å²) in [5.74, 6) is 2.01. The van der Waals surface area contributed by atoms with E-state index in [1.165, 1.54) is 0 Å². The van der Waals surface area contributed by atoms with Gasteiger partial charge < -0.3 is 10.6 Å². The van der Waals surface area contributed by atoms with Gasteiger partial charge in [-0.15, -0.1) is 0 Å². The van der Waals surface area contributed by atoms with Crippen LogP contribution < -0.4 is 5.73 Å². The van der Waals surface area contributed by atoms with Crippen molar-refractivity contribution in [1.82, 2.24) is 4.90 Å². The Morgan fingerprint density at radius 3 is 2.50 bits per heavy atom. The molecular weight excluding hydrogens is 224 g/mol. The zero-order chi connectivity index (χ0) is 13.9. The maximum Gasteiger partial charge on any atom is 0.225 e. The Bertz CT molecular complexity index is 280. The molecule has 0 spiro atoms. The number of nitrogens with zero attached hydrogens (tertiary/aromatic N) is 1. The van der Waals surface area contributed by atoms with Crippen LogP contribution in [0.5, 0.6) is 0 Å². The molecule has 5 atom stereocenters. The van der Waals surface area contributed by atoms with Gasteiger partial charge in [-0.2, -0.15) is 0 Å². The molecule has 2 N–H and O–H groups in total. The summed E-state index contributed by atoms with van der Waals surface area (Å²) in [7, 11) is 1.94. The minimum atomic E-state index is 0.130. The molecule has 1 rings (SSSR count). The Morgan fingerprint density at radius 2 is 1.94 bits per heavy atom. The summed E-state index contributed by atoms with van der Waals surface area (Å²) in [4.78, 5) is 14.4. The zero-order valence-electron chi connectivity index (χ0n) is 12.6. The molecule has 1 amide bonds. The van der Waals surface area contributed by atoms with Gasteiger partial charge in [-0.1, -0.05) is 34.1 Å². The van der Waals surface area contributed by atoms with E-state index in [0.29, 0.717) is 23.7 Å². The van der Waals surface area contributed by atoms with E-state index >= 15 is 0 Å². The van der Waals surface area contributed by atoms with Crippen molar-refractivity contribution in [3.8, 4) is 0 Å². The number of nitrogens with two attached hydrogens (primary N) is 1. The summed E-state index contributed by atoms with van der Waals surface area (Å²) in [6, 6.07) is 0.187. The first-order valence-corrected chi connectivity index (χ1v) is 7.37. The van der Waals surface area contributed by atoms with Crippen molar-refractivity contribution in [2.45, 2.75) is 53.0 Å². The highest BCUT2D eigenvalue weighted by atomic mass is 16.2. The summed E-state index contributed by atoms with van der Waals surface area (Å²) < 4.78 is 0. The van der Waals surface area contributed by atoms with Gasteiger partial charge in [-0.05, 0) is 30.6 Å². The van der Waals surface area contributed by atoms with Crippen molar-refractivity contribution in [3.63, 3.8) is 0 Å². The Balaban J connectivity index is 2.60. The molecule has 0 saturated heterocycles. The lowest BCUT2D eigenvalue weighted by Gasteiger charge is -2.38. The fourth-order valence-electron chi connectivity index (χ4n) is 3.00. The van der Waals surface area contributed by atoms with Crippen molar-refractivity contribution in [1.29, 1.82) is 0 Å². The normalized spacial score (nSPS) is 34.1. The van der Waals surface area contributed by atoms with Crippen LogP contribution in [-0.2, 0) is 4.79 Å². The molecule has 1 aliphatic rings. The molecule has 106 valence electrons. The standard InChI is InChI=1S/C15H30N2O/c1-6-10(2)9-17(5)15(18)13-8-14(16)12(4)7-11(13)3/h10-14H,6-9,16H2,1-5H3. The van der Waals surface area contributed by atoms with E-state index in [2.05, 4.69) is 27.7 Å². The largest absolute Gasteiger partial charge is 0.345 e. The number of hydrogen-bond acceptors (Lipinski definition) is 2. The van der Waals surface area contributed by atoms with Crippen LogP contribution in [0.4, 0.5) is 0 Å². The number of amides is 1. The minimum Gasteiger partial charge on any atom is -0.345 e. The minimum absolute atomic E-state index is 0.130. The molecule has 1 fully saturated rings. The Kier molecular flexibility index (Phi) is 5.64. The Hall–Kier alpha value is -0.570. The maximum atomic E-state index is 12.5. The summed E-state index contributed by atoms with van der Waals surface area (Å²) in [5, 5.41) is 0. The molecule has 0 heterocycles. The van der Waals surface area contributed by atoms with E-state index in [1.807, 2.05) is 11.9 Å². The first-order valence-electron chi connectivity index (χ1n) is 7.37. The molecular formula is C15H30N2O. The molecule has 1 aliphatic carbocycles. The van der Waals surface area contributed by atoms with Crippen LogP contribution in [0.3, 0.4) is 0 Å². The average molecular weight is 254 g/mol. The monoisotopic (exact) mass is 254 g/mol. The molecule has 3 nitrogen and oxygen atoms in total. The second kappa shape index (κ2) is 6.55. The zero-order valence-corrected chi connectivity index (χ0v) is 12.6. The van der Waals surface area contributed by atoms with Crippen LogP contribution in [0, 0.1) is 23.7 Å². The third-order valence-corrected chi connectivity index (χ3v) is 4.66. The van der Waals surface area contributed by atoms with Crippen LogP contribution >= 0.6 is 0 Å². The predicted octanol–water partition coefficient (Wildman–Crippen LogP) is 2.50. The Labute approximate surface area is 112 Å². The van der Waals surface area contributed by atoms with E-state index in [0.717, 1.165) is 25.8 Å². The molecule has 0 aromatic rings. The van der Waals surface area contributed by atoms with Gasteiger partial charge in [0.1, 0.15) is 0 Å². The second-order valence-electron chi connectivity index (χ2n) is 6.43. The number of rotatable bonds is 4. The van der Waals surface area contributed by atoms with Crippen molar-refractivity contribution >= 4 is 5.91 Å². The highest BCUT2D eigenvalue weighted by Crippen LogP contribution is 2.33. The van der Waals surface area contributed by atoms with Crippen LogP contribution in [0.2, 0.25) is 0 Å². The summed E-state index contributed by atoms with van der Waals surface area (Å²) in [6.07, 6.45) is 3.05. The first kappa shape index (κ1) is 15.5. The number of carbonyl (C=O) groups excluding carboxylic acids is 1. The highest BCUT2D eigenvalue weighted by molar-refractivity contribution is 5.79. The van der Waals surface area contributed by atoms with Crippen LogP contribution in [0.25, 0.3) is 0 Å². The second-order valence-corrected chi connectivity index (χ2v) is 6.43. The summed E-state index contributed by atoms with van der Waals surface area (Å²) >= 11 is 0. The third kappa shape index (κ3) is 3.71. The molecule has 3 heteroatoms. The van der Waals surface area contributed by atoms with Gasteiger partial charge in [0.05, 0.1) is 0 Å². The molecule has 0 bridgehead atoms. The lowest BCUT2D eigenvalue weighted by Crippen LogP contribution is -2.46. The number of carbonyl (C=O) groups is 1. The highest BCUT2D eigenvalue weighted by Gasteiger charge is 2.36. The van der Waals surface area contributed by atoms with Crippen LogP contribution in [0.15, 0.2) is 0 Å². The SMILES string of the molecule is CCC(C)CN(C)C(=O)C1CC(N)C(C)CC1C. The molecule has 0 aromatic heterocycles. The van der Waals surface area contributed by atoms with Crippen molar-refractivity contribution in [2.24, 2.45) is 29.4 Å². The fraction of sp³-hybridized carbons (Fsp3) is 0.933. The molecule has 1 saturated carbocycles. The van der Waals surface area contributed by atoms with Crippen molar-refractivity contribution in [2.75, 3.05) is 13.6 Å². The summed E-state index contributed by atoms with van der Waals surface area (Å²) in [5.41, 5.74) is 6.13. The smallest absolute Gasteiger partial charge is 0.225 e. The fourth-order valence-corrected chi connectivity index (χ4v) is 3.00. The van der Waals surface area contributed by atoms with Crippen molar-refractivity contribution in [3.05, 3.63) is 0 Å². The van der Waals surface area contributed by atoms with E-state index < -0.39 is 0 Å². The van der Waals surface area contributed by atoms with E-state index in [9.17, 15) is 4.79 Å². The molecule has 0 aliphatic heterocycles. The van der Waals surface area contributed by atoms with Gasteiger partial charge in [0.25, 0.3) is 0 Å². The van der Waals surface area contributed by atoms with E-state index in [4.69, 9.17) is 5.73 Å². The lowest BCUT2D eigenvalue weighted by atomic mass is 9.72. The van der Waals surface area contributed by atoms with Crippen LogP contribution in [0.1, 0.15) is 47.0 Å². The van der Waals surface area contributed by atoms with E-state index in [1.54, 1.807) is 0 Å². The molecule has 5 unspecified atom stereocenters. The topological polar surface area (TPSA) is 46.3 Å². The third-order valence-electron chi connectivity index (χ3n) is 4.66. The predicted molar refractivity (Wildman–Crippen MR) is 76.1 cm³/mol. The van der Waals surface area contributed by atoms with Gasteiger partial charge in [-0.25, -0.2) is 0 Å². The number of hydrogen-bond donors (Lipinski definition) is 1. The average Bonchev–Trinajstić information content (AvgIpc) is 2.32. The Morgan fingerprint density at radius 1 is 1.33 bits per heavy atom. The van der Waals surface area contributed by atoms with Crippen LogP contribution in [-0.4, -0.2) is 30.4 Å². The van der Waals surface area contributed by atoms with E-state index in [-0.39, 0.29) is 12.0 Å².